The summed E-state index contributed by atoms with van der Waals surface area (Å²) in [5.41, 5.74) is 0.606. The smallest absolute Gasteiger partial charge is 0.128 e. The summed E-state index contributed by atoms with van der Waals surface area (Å²) in [5.74, 6) is -0.224. The van der Waals surface area contributed by atoms with Crippen LogP contribution in [0.5, 0.6) is 0 Å². The first kappa shape index (κ1) is 9.62. The Morgan fingerprint density at radius 3 is 2.79 bits per heavy atom. The fourth-order valence-corrected chi connectivity index (χ4v) is 1.98. The molecular weight excluding hydrogens is 181 g/mol. The molecule has 14 heavy (non-hydrogen) atoms. The van der Waals surface area contributed by atoms with Crippen LogP contribution >= 0.6 is 0 Å². The first-order chi connectivity index (χ1) is 6.79. The minimum atomic E-state index is -0.224. The number of halogens is 1. The standard InChI is InChI=1S/C11H14FNO/c12-10-6-2-1-5-9(10)11-7-3-4-8-13(11)14/h1-2,5-6,11,14H,3-4,7-8H2. The van der Waals surface area contributed by atoms with Gasteiger partial charge in [-0.05, 0) is 18.9 Å². The highest BCUT2D eigenvalue weighted by atomic mass is 19.1. The summed E-state index contributed by atoms with van der Waals surface area (Å²) in [5, 5.41) is 10.9. The lowest BCUT2D eigenvalue weighted by Gasteiger charge is -2.30. The van der Waals surface area contributed by atoms with E-state index in [9.17, 15) is 9.60 Å². The molecule has 0 spiro atoms. The van der Waals surface area contributed by atoms with Crippen molar-refractivity contribution in [3.05, 3.63) is 35.6 Å². The van der Waals surface area contributed by atoms with Gasteiger partial charge in [0.15, 0.2) is 0 Å². The highest BCUT2D eigenvalue weighted by molar-refractivity contribution is 5.21. The van der Waals surface area contributed by atoms with Crippen LogP contribution in [0.15, 0.2) is 24.3 Å². The SMILES string of the molecule is ON1CCCCC1c1ccccc1F. The maximum absolute atomic E-state index is 13.4. The van der Waals surface area contributed by atoms with Gasteiger partial charge in [0.25, 0.3) is 0 Å². The zero-order valence-corrected chi connectivity index (χ0v) is 7.99. The second-order valence-corrected chi connectivity index (χ2v) is 3.70. The molecule has 0 amide bonds. The Morgan fingerprint density at radius 2 is 2.07 bits per heavy atom. The maximum atomic E-state index is 13.4. The fourth-order valence-electron chi connectivity index (χ4n) is 1.98. The van der Waals surface area contributed by atoms with E-state index in [-0.39, 0.29) is 11.9 Å². The van der Waals surface area contributed by atoms with Crippen molar-refractivity contribution in [2.24, 2.45) is 0 Å². The number of benzene rings is 1. The molecule has 0 bridgehead atoms. The zero-order chi connectivity index (χ0) is 9.97. The molecule has 1 N–H and O–H groups in total. The van der Waals surface area contributed by atoms with Crippen LogP contribution in [-0.4, -0.2) is 16.8 Å². The van der Waals surface area contributed by atoms with Crippen molar-refractivity contribution >= 4 is 0 Å². The molecule has 1 aliphatic heterocycles. The molecule has 0 radical (unpaired) electrons. The molecule has 1 heterocycles. The Labute approximate surface area is 82.9 Å². The number of hydroxylamine groups is 2. The van der Waals surface area contributed by atoms with Crippen LogP contribution in [0.4, 0.5) is 4.39 Å². The first-order valence-corrected chi connectivity index (χ1v) is 4.99. The molecule has 2 rings (SSSR count). The zero-order valence-electron chi connectivity index (χ0n) is 7.99. The summed E-state index contributed by atoms with van der Waals surface area (Å²) in [6.07, 6.45) is 2.87. The predicted octanol–water partition coefficient (Wildman–Crippen LogP) is 2.74. The van der Waals surface area contributed by atoms with Gasteiger partial charge in [-0.2, -0.15) is 5.06 Å². The molecule has 1 saturated heterocycles. The number of hydrogen-bond acceptors (Lipinski definition) is 2. The predicted molar refractivity (Wildman–Crippen MR) is 51.5 cm³/mol. The molecule has 1 aromatic carbocycles. The fraction of sp³-hybridized carbons (Fsp3) is 0.455. The van der Waals surface area contributed by atoms with E-state index in [1.807, 2.05) is 0 Å². The highest BCUT2D eigenvalue weighted by Gasteiger charge is 2.24. The van der Waals surface area contributed by atoms with Gasteiger partial charge in [-0.3, -0.25) is 0 Å². The van der Waals surface area contributed by atoms with Gasteiger partial charge in [-0.25, -0.2) is 4.39 Å². The minimum Gasteiger partial charge on any atom is -0.313 e. The highest BCUT2D eigenvalue weighted by Crippen LogP contribution is 2.30. The average Bonchev–Trinajstić information content (AvgIpc) is 2.20. The van der Waals surface area contributed by atoms with E-state index in [2.05, 4.69) is 0 Å². The largest absolute Gasteiger partial charge is 0.313 e. The van der Waals surface area contributed by atoms with Gasteiger partial charge in [0, 0.05) is 12.1 Å². The van der Waals surface area contributed by atoms with E-state index < -0.39 is 0 Å². The lowest BCUT2D eigenvalue weighted by Crippen LogP contribution is -2.30. The van der Waals surface area contributed by atoms with Crippen molar-refractivity contribution in [1.82, 2.24) is 5.06 Å². The van der Waals surface area contributed by atoms with Gasteiger partial charge in [0.1, 0.15) is 5.82 Å². The number of nitrogens with zero attached hydrogens (tertiary/aromatic N) is 1. The molecule has 76 valence electrons. The third-order valence-corrected chi connectivity index (χ3v) is 2.74. The Hall–Kier alpha value is -0.930. The topological polar surface area (TPSA) is 23.5 Å². The second-order valence-electron chi connectivity index (χ2n) is 3.70. The maximum Gasteiger partial charge on any atom is 0.128 e. The number of rotatable bonds is 1. The van der Waals surface area contributed by atoms with Crippen molar-refractivity contribution in [3.63, 3.8) is 0 Å². The molecule has 0 saturated carbocycles. The minimum absolute atomic E-state index is 0.162. The molecule has 0 aromatic heterocycles. The third-order valence-electron chi connectivity index (χ3n) is 2.74. The third kappa shape index (κ3) is 1.79. The van der Waals surface area contributed by atoms with Gasteiger partial charge in [-0.1, -0.05) is 24.6 Å². The van der Waals surface area contributed by atoms with Gasteiger partial charge in [0.2, 0.25) is 0 Å². The van der Waals surface area contributed by atoms with Crippen LogP contribution in [0.25, 0.3) is 0 Å². The normalized spacial score (nSPS) is 23.7. The van der Waals surface area contributed by atoms with E-state index in [1.54, 1.807) is 18.2 Å². The van der Waals surface area contributed by atoms with Crippen molar-refractivity contribution < 1.29 is 9.60 Å². The molecule has 1 atom stereocenters. The van der Waals surface area contributed by atoms with Crippen LogP contribution in [0.2, 0.25) is 0 Å². The molecule has 0 aliphatic carbocycles. The molecule has 1 aromatic rings. The van der Waals surface area contributed by atoms with Crippen LogP contribution in [0.3, 0.4) is 0 Å². The Balaban J connectivity index is 2.25. The van der Waals surface area contributed by atoms with Gasteiger partial charge < -0.3 is 5.21 Å². The summed E-state index contributed by atoms with van der Waals surface area (Å²) in [6, 6.07) is 6.50. The van der Waals surface area contributed by atoms with E-state index in [4.69, 9.17) is 0 Å². The Bertz CT molecular complexity index is 316. The van der Waals surface area contributed by atoms with Crippen molar-refractivity contribution in [2.45, 2.75) is 25.3 Å². The molecular formula is C11H14FNO. The van der Waals surface area contributed by atoms with Gasteiger partial charge in [-0.15, -0.1) is 0 Å². The number of hydrogen-bond donors (Lipinski definition) is 1. The van der Waals surface area contributed by atoms with E-state index in [0.717, 1.165) is 19.3 Å². The van der Waals surface area contributed by atoms with E-state index in [0.29, 0.717) is 12.1 Å². The monoisotopic (exact) mass is 195 g/mol. The van der Waals surface area contributed by atoms with Crippen molar-refractivity contribution in [2.75, 3.05) is 6.54 Å². The Morgan fingerprint density at radius 1 is 1.29 bits per heavy atom. The van der Waals surface area contributed by atoms with Gasteiger partial charge >= 0.3 is 0 Å². The van der Waals surface area contributed by atoms with Crippen molar-refractivity contribution in [3.8, 4) is 0 Å². The Kier molecular flexibility index (Phi) is 2.79. The van der Waals surface area contributed by atoms with Crippen LogP contribution in [0, 0.1) is 5.82 Å². The molecule has 1 unspecified atom stereocenters. The summed E-state index contributed by atoms with van der Waals surface area (Å²) in [4.78, 5) is 0. The number of piperidine rings is 1. The van der Waals surface area contributed by atoms with Crippen LogP contribution in [-0.2, 0) is 0 Å². The van der Waals surface area contributed by atoms with Crippen LogP contribution < -0.4 is 0 Å². The average molecular weight is 195 g/mol. The summed E-state index contributed by atoms with van der Waals surface area (Å²) in [6.45, 7) is 0.638. The molecule has 3 heteroatoms. The lowest BCUT2D eigenvalue weighted by molar-refractivity contribution is -0.144. The second kappa shape index (κ2) is 4.07. The van der Waals surface area contributed by atoms with E-state index >= 15 is 0 Å². The van der Waals surface area contributed by atoms with Crippen molar-refractivity contribution in [1.29, 1.82) is 0 Å². The van der Waals surface area contributed by atoms with Gasteiger partial charge in [0.05, 0.1) is 6.04 Å². The lowest BCUT2D eigenvalue weighted by atomic mass is 9.97. The molecule has 2 nitrogen and oxygen atoms in total. The first-order valence-electron chi connectivity index (χ1n) is 4.99. The molecule has 1 aliphatic rings. The summed E-state index contributed by atoms with van der Waals surface area (Å²) < 4.78 is 13.4. The summed E-state index contributed by atoms with van der Waals surface area (Å²) >= 11 is 0. The molecule has 1 fully saturated rings. The van der Waals surface area contributed by atoms with E-state index in [1.165, 1.54) is 11.1 Å². The quantitative estimate of drug-likeness (QED) is 0.744. The summed E-state index contributed by atoms with van der Waals surface area (Å²) in [7, 11) is 0. The van der Waals surface area contributed by atoms with Crippen LogP contribution in [0.1, 0.15) is 30.9 Å².